The molecule has 2 aliphatic carbocycles. The monoisotopic (exact) mass is 553 g/mol. The maximum absolute atomic E-state index is 13.7. The van der Waals surface area contributed by atoms with Crippen molar-refractivity contribution < 1.29 is 27.6 Å². The Bertz CT molecular complexity index is 1120. The van der Waals surface area contributed by atoms with Crippen LogP contribution in [0.1, 0.15) is 80.6 Å². The molecule has 0 radical (unpaired) electrons. The van der Waals surface area contributed by atoms with Gasteiger partial charge in [0.25, 0.3) is 5.91 Å². The molecule has 3 aliphatic rings. The third kappa shape index (κ3) is 6.16. The average molecular weight is 554 g/mol. The van der Waals surface area contributed by atoms with Gasteiger partial charge in [-0.3, -0.25) is 19.1 Å². The Morgan fingerprint density at radius 3 is 2.16 bits per heavy atom. The molecule has 0 aromatic heterocycles. The lowest BCUT2D eigenvalue weighted by molar-refractivity contribution is -0.142. The molecule has 12 heteroatoms. The van der Waals surface area contributed by atoms with E-state index in [4.69, 9.17) is 0 Å². The number of nitrogens with one attached hydrogen (secondary N) is 4. The van der Waals surface area contributed by atoms with Crippen molar-refractivity contribution in [3.63, 3.8) is 0 Å². The molecule has 3 rings (SSSR count). The lowest BCUT2D eigenvalue weighted by Gasteiger charge is -2.36. The van der Waals surface area contributed by atoms with E-state index in [1.165, 1.54) is 11.0 Å². The second-order valence-electron chi connectivity index (χ2n) is 13.2. The van der Waals surface area contributed by atoms with Crippen molar-refractivity contribution in [2.45, 2.75) is 108 Å². The van der Waals surface area contributed by atoms with Gasteiger partial charge in [-0.15, -0.1) is 6.58 Å². The van der Waals surface area contributed by atoms with Gasteiger partial charge >= 0.3 is 6.03 Å². The minimum atomic E-state index is -3.89. The Balaban J connectivity index is 1.76. The van der Waals surface area contributed by atoms with Gasteiger partial charge in [0.2, 0.25) is 21.8 Å². The number of amides is 5. The third-order valence-electron chi connectivity index (χ3n) is 7.60. The van der Waals surface area contributed by atoms with Gasteiger partial charge in [0, 0.05) is 18.0 Å². The SMILES string of the molecule is C=C[C@@H]1C[C@]1(NC(=O)[C@@H]1CCCN1C(=O)[C@@H](NC(=O)NC(C)(C)C)C(C)(C)C)C(=O)NS(=O)(=O)C1(C)CC1. The molecule has 1 saturated heterocycles. The maximum Gasteiger partial charge on any atom is 0.315 e. The number of rotatable bonds is 8. The highest BCUT2D eigenvalue weighted by Gasteiger charge is 2.62. The molecular formula is C26H43N5O6S. The number of carbonyl (C=O) groups is 4. The van der Waals surface area contributed by atoms with E-state index >= 15 is 0 Å². The average Bonchev–Trinajstić information content (AvgIpc) is 3.62. The maximum atomic E-state index is 13.7. The Kier molecular flexibility index (Phi) is 7.75. The predicted molar refractivity (Wildman–Crippen MR) is 143 cm³/mol. The highest BCUT2D eigenvalue weighted by Crippen LogP contribution is 2.47. The normalized spacial score (nSPS) is 27.1. The highest BCUT2D eigenvalue weighted by atomic mass is 32.2. The number of hydrogen-bond acceptors (Lipinski definition) is 6. The number of urea groups is 1. The lowest BCUT2D eigenvalue weighted by atomic mass is 9.85. The van der Waals surface area contributed by atoms with Crippen molar-refractivity contribution in [2.75, 3.05) is 6.54 Å². The quantitative estimate of drug-likeness (QED) is 0.335. The van der Waals surface area contributed by atoms with E-state index < -0.39 is 73.0 Å². The molecule has 38 heavy (non-hydrogen) atoms. The first-order valence-electron chi connectivity index (χ1n) is 13.2. The summed E-state index contributed by atoms with van der Waals surface area (Å²) in [5.41, 5.74) is -2.58. The molecule has 3 fully saturated rings. The summed E-state index contributed by atoms with van der Waals surface area (Å²) < 4.78 is 26.5. The number of carbonyl (C=O) groups excluding carboxylic acids is 4. The van der Waals surface area contributed by atoms with Crippen molar-refractivity contribution in [1.29, 1.82) is 0 Å². The predicted octanol–water partition coefficient (Wildman–Crippen LogP) is 1.55. The minimum Gasteiger partial charge on any atom is -0.339 e. The molecule has 2 saturated carbocycles. The van der Waals surface area contributed by atoms with Gasteiger partial charge < -0.3 is 20.9 Å². The van der Waals surface area contributed by atoms with Gasteiger partial charge in [0.05, 0.1) is 4.75 Å². The first kappa shape index (κ1) is 29.9. The fraction of sp³-hybridized carbons (Fsp3) is 0.769. The molecule has 0 aromatic rings. The topological polar surface area (TPSA) is 154 Å². The van der Waals surface area contributed by atoms with Crippen LogP contribution in [0.5, 0.6) is 0 Å². The van der Waals surface area contributed by atoms with Gasteiger partial charge in [0.1, 0.15) is 17.6 Å². The Labute approximate surface area is 226 Å². The summed E-state index contributed by atoms with van der Waals surface area (Å²) in [7, 11) is -3.89. The van der Waals surface area contributed by atoms with E-state index in [1.807, 2.05) is 41.5 Å². The zero-order chi connectivity index (χ0) is 28.9. The number of likely N-dealkylation sites (tertiary alicyclic amines) is 1. The summed E-state index contributed by atoms with van der Waals surface area (Å²) in [4.78, 5) is 54.3. The van der Waals surface area contributed by atoms with Crippen LogP contribution in [-0.2, 0) is 24.4 Å². The van der Waals surface area contributed by atoms with Gasteiger partial charge in [-0.25, -0.2) is 13.2 Å². The zero-order valence-corrected chi connectivity index (χ0v) is 24.4. The van der Waals surface area contributed by atoms with E-state index in [1.54, 1.807) is 6.92 Å². The van der Waals surface area contributed by atoms with Crippen LogP contribution in [0.3, 0.4) is 0 Å². The zero-order valence-electron chi connectivity index (χ0n) is 23.6. The van der Waals surface area contributed by atoms with Crippen LogP contribution in [-0.4, -0.2) is 71.5 Å². The van der Waals surface area contributed by atoms with Crippen molar-refractivity contribution in [1.82, 2.24) is 25.6 Å². The second kappa shape index (κ2) is 9.84. The molecular weight excluding hydrogens is 510 g/mol. The molecule has 0 unspecified atom stereocenters. The lowest BCUT2D eigenvalue weighted by Crippen LogP contribution is -2.61. The van der Waals surface area contributed by atoms with E-state index in [2.05, 4.69) is 27.3 Å². The Hall–Kier alpha value is -2.63. The van der Waals surface area contributed by atoms with Crippen molar-refractivity contribution in [3.8, 4) is 0 Å². The van der Waals surface area contributed by atoms with Crippen molar-refractivity contribution in [2.24, 2.45) is 11.3 Å². The smallest absolute Gasteiger partial charge is 0.315 e. The molecule has 4 N–H and O–H groups in total. The molecule has 5 amide bonds. The molecule has 1 aliphatic heterocycles. The van der Waals surface area contributed by atoms with Crippen LogP contribution in [0, 0.1) is 11.3 Å². The van der Waals surface area contributed by atoms with Gasteiger partial charge in [-0.05, 0) is 65.2 Å². The van der Waals surface area contributed by atoms with E-state index in [9.17, 15) is 27.6 Å². The molecule has 4 atom stereocenters. The van der Waals surface area contributed by atoms with Crippen LogP contribution in [0.4, 0.5) is 4.79 Å². The van der Waals surface area contributed by atoms with Crippen LogP contribution in [0.2, 0.25) is 0 Å². The van der Waals surface area contributed by atoms with Gasteiger partial charge in [-0.1, -0.05) is 26.8 Å². The molecule has 1 heterocycles. The summed E-state index contributed by atoms with van der Waals surface area (Å²) in [6.07, 6.45) is 3.64. The molecule has 11 nitrogen and oxygen atoms in total. The highest BCUT2D eigenvalue weighted by molar-refractivity contribution is 7.91. The molecule has 0 bridgehead atoms. The standard InChI is InChI=1S/C26H43N5O6S/c1-9-16-15-26(16,21(34)30-38(36,37)25(8)12-13-25)28-19(32)17-11-10-14-31(17)20(33)18(23(2,3)4)27-22(35)29-24(5,6)7/h9,16-18H,1,10-15H2,2-8H3,(H,28,32)(H,30,34)(H2,27,29,35)/t16-,17+,18-,26-/m1/s1. The minimum absolute atomic E-state index is 0.222. The Morgan fingerprint density at radius 1 is 1.08 bits per heavy atom. The summed E-state index contributed by atoms with van der Waals surface area (Å²) in [5.74, 6) is -2.13. The number of sulfonamides is 1. The molecule has 0 aromatic carbocycles. The Morgan fingerprint density at radius 2 is 1.68 bits per heavy atom. The second-order valence-corrected chi connectivity index (χ2v) is 15.4. The van der Waals surface area contributed by atoms with Crippen molar-refractivity contribution >= 4 is 33.8 Å². The van der Waals surface area contributed by atoms with Crippen LogP contribution < -0.4 is 20.7 Å². The largest absolute Gasteiger partial charge is 0.339 e. The molecule has 214 valence electrons. The fourth-order valence-corrected chi connectivity index (χ4v) is 6.06. The first-order valence-corrected chi connectivity index (χ1v) is 14.7. The summed E-state index contributed by atoms with van der Waals surface area (Å²) in [6, 6.07) is -2.24. The van der Waals surface area contributed by atoms with E-state index in [-0.39, 0.29) is 6.42 Å². The number of hydrogen-bond donors (Lipinski definition) is 4. The van der Waals surface area contributed by atoms with Gasteiger partial charge in [0.15, 0.2) is 0 Å². The summed E-state index contributed by atoms with van der Waals surface area (Å²) >= 11 is 0. The van der Waals surface area contributed by atoms with Gasteiger partial charge in [-0.2, -0.15) is 0 Å². The third-order valence-corrected chi connectivity index (χ3v) is 9.76. The fourth-order valence-electron chi connectivity index (χ4n) is 4.74. The summed E-state index contributed by atoms with van der Waals surface area (Å²) in [5, 5.41) is 8.33. The van der Waals surface area contributed by atoms with E-state index in [0.29, 0.717) is 32.2 Å². The van der Waals surface area contributed by atoms with Crippen LogP contribution >= 0.6 is 0 Å². The molecule has 0 spiro atoms. The van der Waals surface area contributed by atoms with E-state index in [0.717, 1.165) is 0 Å². The van der Waals surface area contributed by atoms with Crippen molar-refractivity contribution in [3.05, 3.63) is 12.7 Å². The van der Waals surface area contributed by atoms with Crippen LogP contribution in [0.15, 0.2) is 12.7 Å². The first-order chi connectivity index (χ1) is 17.3. The number of nitrogens with zero attached hydrogens (tertiary/aromatic N) is 1. The van der Waals surface area contributed by atoms with Crippen LogP contribution in [0.25, 0.3) is 0 Å². The summed E-state index contributed by atoms with van der Waals surface area (Å²) in [6.45, 7) is 16.6.